The molecule has 0 aliphatic heterocycles. The van der Waals surface area contributed by atoms with Gasteiger partial charge in [-0.1, -0.05) is 19.8 Å². The first kappa shape index (κ1) is 10.9. The summed E-state index contributed by atoms with van der Waals surface area (Å²) in [7, 11) is 0. The number of hydrogen-bond acceptors (Lipinski definition) is 2. The normalized spacial score (nSPS) is 7.12. The Hall–Kier alpha value is -0.0105. The Kier molecular flexibility index (Phi) is 13.7. The third-order valence-corrected chi connectivity index (χ3v) is 0.659. The molecule has 0 saturated heterocycles. The molecule has 0 saturated carbocycles. The fraction of sp³-hybridized carbons (Fsp3) is 0.800. The fourth-order valence-corrected chi connectivity index (χ4v) is 0.258. The quantitative estimate of drug-likeness (QED) is 0.343. The van der Waals surface area contributed by atoms with Gasteiger partial charge in [0.2, 0.25) is 0 Å². The second kappa shape index (κ2) is 10.1. The summed E-state index contributed by atoms with van der Waals surface area (Å²) in [4.78, 5) is 9.33. The van der Waals surface area contributed by atoms with Gasteiger partial charge in [0.15, 0.2) is 0 Å². The molecule has 2 nitrogen and oxygen atoms in total. The first-order chi connectivity index (χ1) is 3.41. The van der Waals surface area contributed by atoms with Crippen molar-refractivity contribution >= 4 is 6.47 Å². The van der Waals surface area contributed by atoms with E-state index in [2.05, 4.69) is 4.74 Å². The van der Waals surface area contributed by atoms with Crippen LogP contribution < -0.4 is 0 Å². The molecule has 8 heavy (non-hydrogen) atoms. The van der Waals surface area contributed by atoms with Gasteiger partial charge in [-0.3, -0.25) is 0 Å². The minimum absolute atomic E-state index is 0. The van der Waals surface area contributed by atoms with Crippen molar-refractivity contribution in [2.75, 3.05) is 6.61 Å². The maximum atomic E-state index is 9.33. The number of hydrogen-bond donors (Lipinski definition) is 0. The molecule has 0 rings (SSSR count). The van der Waals surface area contributed by atoms with Crippen LogP contribution in [0.3, 0.4) is 0 Å². The molecule has 50 valence electrons. The zero-order valence-electron chi connectivity index (χ0n) is 4.79. The Bertz CT molecular complexity index is 47.7. The largest absolute Gasteiger partial charge is 0.653 e. The zero-order chi connectivity index (χ0) is 5.54. The molecule has 3 heteroatoms. The first-order valence-corrected chi connectivity index (χ1v) is 2.40. The summed E-state index contributed by atoms with van der Waals surface area (Å²) in [6.45, 7) is 3.90. The molecule has 0 aliphatic carbocycles. The van der Waals surface area contributed by atoms with E-state index in [-0.39, 0.29) is 17.1 Å². The van der Waals surface area contributed by atoms with E-state index >= 15 is 0 Å². The summed E-state index contributed by atoms with van der Waals surface area (Å²) < 4.78 is 4.27. The molecule has 0 heterocycles. The van der Waals surface area contributed by atoms with Crippen molar-refractivity contribution in [3.63, 3.8) is 0 Å². The second-order valence-electron chi connectivity index (χ2n) is 1.29. The van der Waals surface area contributed by atoms with Gasteiger partial charge in [0.05, 0.1) is 0 Å². The number of unbranched alkanes of at least 4 members (excludes halogenated alkanes) is 1. The van der Waals surface area contributed by atoms with Gasteiger partial charge < -0.3 is 9.53 Å². The fourth-order valence-electron chi connectivity index (χ4n) is 0.258. The van der Waals surface area contributed by atoms with Gasteiger partial charge in [0, 0.05) is 23.7 Å². The first-order valence-electron chi connectivity index (χ1n) is 2.40. The standard InChI is InChI=1S/C5H9O2.Fe/c1-2-3-4-7-5-6;/h2-4H2,1H3;/q-1;. The summed E-state index contributed by atoms with van der Waals surface area (Å²) >= 11 is 0. The van der Waals surface area contributed by atoms with E-state index in [1.165, 1.54) is 6.47 Å². The van der Waals surface area contributed by atoms with Crippen molar-refractivity contribution in [2.24, 2.45) is 0 Å². The van der Waals surface area contributed by atoms with Gasteiger partial charge in [-0.25, -0.2) is 0 Å². The monoisotopic (exact) mass is 157 g/mol. The minimum atomic E-state index is 0. The average molecular weight is 157 g/mol. The smallest absolute Gasteiger partial charge is 0.0480 e. The van der Waals surface area contributed by atoms with Crippen LogP contribution in [0.15, 0.2) is 0 Å². The molecule has 0 aromatic heterocycles. The number of rotatable bonds is 4. The molecule has 0 radical (unpaired) electrons. The van der Waals surface area contributed by atoms with E-state index in [0.717, 1.165) is 12.8 Å². The maximum absolute atomic E-state index is 9.33. The van der Waals surface area contributed by atoms with Crippen LogP contribution in [0.25, 0.3) is 0 Å². The summed E-state index contributed by atoms with van der Waals surface area (Å²) in [5.41, 5.74) is 0. The van der Waals surface area contributed by atoms with Crippen molar-refractivity contribution < 1.29 is 26.6 Å². The Morgan fingerprint density at radius 1 is 1.62 bits per heavy atom. The Morgan fingerprint density at radius 3 is 2.62 bits per heavy atom. The van der Waals surface area contributed by atoms with E-state index < -0.39 is 0 Å². The average Bonchev–Trinajstić information content (AvgIpc) is 1.69. The Balaban J connectivity index is 0. The van der Waals surface area contributed by atoms with Crippen molar-refractivity contribution in [3.05, 3.63) is 0 Å². The van der Waals surface area contributed by atoms with Gasteiger partial charge in [-0.15, -0.1) is 0 Å². The van der Waals surface area contributed by atoms with Crippen LogP contribution in [0.5, 0.6) is 0 Å². The molecule has 0 aromatic carbocycles. The van der Waals surface area contributed by atoms with Crippen LogP contribution in [-0.4, -0.2) is 13.1 Å². The molecular weight excluding hydrogens is 148 g/mol. The van der Waals surface area contributed by atoms with Crippen LogP contribution >= 0.6 is 0 Å². The van der Waals surface area contributed by atoms with Gasteiger partial charge in [-0.2, -0.15) is 0 Å². The van der Waals surface area contributed by atoms with Crippen LogP contribution in [0, 0.1) is 0 Å². The molecule has 0 aliphatic rings. The van der Waals surface area contributed by atoms with Crippen LogP contribution in [-0.2, 0) is 26.6 Å². The molecule has 0 bridgehead atoms. The van der Waals surface area contributed by atoms with Crippen LogP contribution in [0.4, 0.5) is 0 Å². The minimum Gasteiger partial charge on any atom is -0.653 e. The van der Waals surface area contributed by atoms with E-state index in [4.69, 9.17) is 0 Å². The number of carbonyl (C=O) groups excluding carboxylic acids is 1. The van der Waals surface area contributed by atoms with E-state index in [1.807, 2.05) is 6.92 Å². The SMILES string of the molecule is CCCCO[C-]=O.[Fe]. The Morgan fingerprint density at radius 2 is 2.25 bits per heavy atom. The summed E-state index contributed by atoms with van der Waals surface area (Å²) in [6, 6.07) is 0. The topological polar surface area (TPSA) is 26.3 Å². The van der Waals surface area contributed by atoms with Crippen molar-refractivity contribution in [2.45, 2.75) is 19.8 Å². The predicted molar refractivity (Wildman–Crippen MR) is 26.6 cm³/mol. The summed E-state index contributed by atoms with van der Waals surface area (Å²) in [5.74, 6) is 0. The van der Waals surface area contributed by atoms with Gasteiger partial charge in [-0.05, 0) is 6.42 Å². The third kappa shape index (κ3) is 9.37. The van der Waals surface area contributed by atoms with E-state index in [1.54, 1.807) is 0 Å². The Labute approximate surface area is 60.1 Å². The molecule has 0 atom stereocenters. The predicted octanol–water partition coefficient (Wildman–Crippen LogP) is 0.868. The van der Waals surface area contributed by atoms with Crippen molar-refractivity contribution in [1.29, 1.82) is 0 Å². The number of ether oxygens (including phenoxy) is 1. The van der Waals surface area contributed by atoms with Crippen LogP contribution in [0.2, 0.25) is 0 Å². The molecule has 0 aromatic rings. The molecule has 0 unspecified atom stereocenters. The summed E-state index contributed by atoms with van der Waals surface area (Å²) in [6.07, 6.45) is 2.00. The van der Waals surface area contributed by atoms with Gasteiger partial charge >= 0.3 is 0 Å². The van der Waals surface area contributed by atoms with Gasteiger partial charge in [0.25, 0.3) is 0 Å². The zero-order valence-corrected chi connectivity index (χ0v) is 5.90. The van der Waals surface area contributed by atoms with Crippen molar-refractivity contribution in [3.8, 4) is 0 Å². The van der Waals surface area contributed by atoms with Crippen LogP contribution in [0.1, 0.15) is 19.8 Å². The molecular formula is C5H9FeO2-. The molecule has 0 N–H and O–H groups in total. The second-order valence-corrected chi connectivity index (χ2v) is 1.29. The molecule has 0 fully saturated rings. The molecule has 0 amide bonds. The summed E-state index contributed by atoms with van der Waals surface area (Å²) in [5, 5.41) is 0. The van der Waals surface area contributed by atoms with Gasteiger partial charge in [0.1, 0.15) is 0 Å². The van der Waals surface area contributed by atoms with E-state index in [0.29, 0.717) is 6.61 Å². The van der Waals surface area contributed by atoms with Crippen molar-refractivity contribution in [1.82, 2.24) is 0 Å². The molecule has 0 spiro atoms. The van der Waals surface area contributed by atoms with E-state index in [9.17, 15) is 4.79 Å². The third-order valence-electron chi connectivity index (χ3n) is 0.659. The maximum Gasteiger partial charge on any atom is 0.0480 e.